The molecule has 1 aromatic carbocycles. The number of nitrogens with one attached hydrogen (secondary N) is 1. The molecule has 0 unspecified atom stereocenters. The summed E-state index contributed by atoms with van der Waals surface area (Å²) in [6, 6.07) is 2.42. The first kappa shape index (κ1) is 25.9. The second kappa shape index (κ2) is 9.11. The van der Waals surface area contributed by atoms with Crippen LogP contribution in [0, 0.1) is 5.82 Å². The van der Waals surface area contributed by atoms with Crippen molar-refractivity contribution >= 4 is 34.4 Å². The maximum atomic E-state index is 14.9. The smallest absolute Gasteiger partial charge is 0.343 e. The number of aliphatic hydroxyl groups is 1. The third kappa shape index (κ3) is 3.80. The summed E-state index contributed by atoms with van der Waals surface area (Å²) in [6.45, 7) is 5.11. The molecule has 1 amide bonds. The number of benzene rings is 1. The topological polar surface area (TPSA) is 120 Å². The molecule has 0 saturated heterocycles. The highest BCUT2D eigenvalue weighted by Gasteiger charge is 2.46. The van der Waals surface area contributed by atoms with Crippen LogP contribution in [0.4, 0.5) is 4.39 Å². The van der Waals surface area contributed by atoms with Crippen molar-refractivity contribution in [1.82, 2.24) is 14.9 Å². The maximum Gasteiger partial charge on any atom is 0.343 e. The van der Waals surface area contributed by atoms with Crippen LogP contribution >= 0.6 is 11.6 Å². The Bertz CT molecular complexity index is 1650. The van der Waals surface area contributed by atoms with Crippen LogP contribution in [-0.4, -0.2) is 39.2 Å². The lowest BCUT2D eigenvalue weighted by Crippen LogP contribution is -2.44. The average molecular weight is 556 g/mol. The Morgan fingerprint density at radius 2 is 2.10 bits per heavy atom. The van der Waals surface area contributed by atoms with Gasteiger partial charge in [0.05, 0.1) is 46.2 Å². The van der Waals surface area contributed by atoms with Gasteiger partial charge in [0.25, 0.3) is 5.56 Å². The maximum absolute atomic E-state index is 14.9. The third-order valence-corrected chi connectivity index (χ3v) is 8.33. The minimum absolute atomic E-state index is 0.0185. The molecule has 2 aliphatic heterocycles. The average Bonchev–Trinajstić information content (AvgIpc) is 3.27. The molecule has 0 spiro atoms. The molecule has 0 saturated carbocycles. The van der Waals surface area contributed by atoms with Crippen LogP contribution in [0.15, 0.2) is 16.9 Å². The summed E-state index contributed by atoms with van der Waals surface area (Å²) < 4.78 is 27.0. The van der Waals surface area contributed by atoms with Gasteiger partial charge >= 0.3 is 5.97 Å². The number of aryl methyl sites for hydroxylation is 1. The number of halogens is 2. The van der Waals surface area contributed by atoms with Crippen molar-refractivity contribution in [1.29, 1.82) is 0 Å². The number of aromatic nitrogens is 2. The Hall–Kier alpha value is -3.34. The minimum atomic E-state index is -1.96. The summed E-state index contributed by atoms with van der Waals surface area (Å²) in [4.78, 5) is 43.7. The lowest BCUT2D eigenvalue weighted by atomic mass is 9.83. The summed E-state index contributed by atoms with van der Waals surface area (Å²) >= 11 is 6.39. The highest BCUT2D eigenvalue weighted by molar-refractivity contribution is 6.32. The van der Waals surface area contributed by atoms with Crippen LogP contribution in [0.1, 0.15) is 67.5 Å². The fourth-order valence-corrected chi connectivity index (χ4v) is 6.22. The van der Waals surface area contributed by atoms with Gasteiger partial charge in [0.2, 0.25) is 5.91 Å². The van der Waals surface area contributed by atoms with E-state index in [4.69, 9.17) is 26.1 Å². The van der Waals surface area contributed by atoms with Crippen molar-refractivity contribution in [2.75, 3.05) is 6.61 Å². The monoisotopic (exact) mass is 555 g/mol. The second-order valence-electron chi connectivity index (χ2n) is 10.5. The molecule has 3 aromatic rings. The van der Waals surface area contributed by atoms with Crippen LogP contribution < -0.4 is 10.9 Å². The summed E-state index contributed by atoms with van der Waals surface area (Å²) in [7, 11) is 0. The van der Waals surface area contributed by atoms with Gasteiger partial charge in [0, 0.05) is 22.6 Å². The second-order valence-corrected chi connectivity index (χ2v) is 10.9. The van der Waals surface area contributed by atoms with Gasteiger partial charge in [-0.2, -0.15) is 0 Å². The molecule has 0 radical (unpaired) electrons. The van der Waals surface area contributed by atoms with Crippen molar-refractivity contribution in [3.63, 3.8) is 0 Å². The van der Waals surface area contributed by atoms with Gasteiger partial charge in [-0.25, -0.2) is 14.2 Å². The number of ether oxygens (including phenoxy) is 2. The molecule has 39 heavy (non-hydrogen) atoms. The number of amides is 1. The molecule has 11 heteroatoms. The molecule has 3 aliphatic rings. The van der Waals surface area contributed by atoms with Crippen LogP contribution in [0.5, 0.6) is 0 Å². The first-order chi connectivity index (χ1) is 18.5. The number of esters is 1. The number of pyridine rings is 2. The number of cyclic esters (lactones) is 1. The van der Waals surface area contributed by atoms with E-state index in [0.717, 1.165) is 5.56 Å². The van der Waals surface area contributed by atoms with E-state index >= 15 is 0 Å². The molecule has 204 valence electrons. The van der Waals surface area contributed by atoms with Crippen LogP contribution in [0.3, 0.4) is 0 Å². The number of nitrogens with zero attached hydrogens (tertiary/aromatic N) is 2. The van der Waals surface area contributed by atoms with E-state index in [1.807, 2.05) is 13.8 Å². The van der Waals surface area contributed by atoms with Crippen LogP contribution in [0.2, 0.25) is 5.02 Å². The van der Waals surface area contributed by atoms with Gasteiger partial charge in [0.1, 0.15) is 19.0 Å². The zero-order valence-corrected chi connectivity index (χ0v) is 22.4. The molecule has 1 aliphatic carbocycles. The SMILES string of the molecule is CC[C@@]1(O)C(=O)OCc2c1cc1n(c2=O)Cc2c-1nc1cc(F)c(Cl)c3c1c2[C@@H](NC(=O)COC(C)C)CC3. The normalized spacial score (nSPS) is 21.0. The van der Waals surface area contributed by atoms with Gasteiger partial charge < -0.3 is 24.5 Å². The van der Waals surface area contributed by atoms with Crippen molar-refractivity contribution < 1.29 is 28.6 Å². The largest absolute Gasteiger partial charge is 0.458 e. The quantitative estimate of drug-likeness (QED) is 0.362. The van der Waals surface area contributed by atoms with E-state index in [1.165, 1.54) is 10.6 Å². The van der Waals surface area contributed by atoms with E-state index in [2.05, 4.69) is 5.32 Å². The first-order valence-corrected chi connectivity index (χ1v) is 13.3. The zero-order valence-electron chi connectivity index (χ0n) is 21.7. The number of hydrogen-bond donors (Lipinski definition) is 2. The molecule has 2 aromatic heterocycles. The minimum Gasteiger partial charge on any atom is -0.458 e. The molecule has 2 N–H and O–H groups in total. The summed E-state index contributed by atoms with van der Waals surface area (Å²) in [5.74, 6) is -1.71. The molecular formula is C28H27ClFN3O6. The van der Waals surface area contributed by atoms with Crippen LogP contribution in [0.25, 0.3) is 22.3 Å². The Labute approximate surface area is 227 Å². The van der Waals surface area contributed by atoms with Crippen molar-refractivity contribution in [3.8, 4) is 11.4 Å². The van der Waals surface area contributed by atoms with Crippen molar-refractivity contribution in [2.45, 2.75) is 70.9 Å². The highest BCUT2D eigenvalue weighted by atomic mass is 35.5. The van der Waals surface area contributed by atoms with Gasteiger partial charge in [0.15, 0.2) is 5.60 Å². The van der Waals surface area contributed by atoms with Gasteiger partial charge in [-0.3, -0.25) is 9.59 Å². The fraction of sp³-hybridized carbons (Fsp3) is 0.429. The van der Waals surface area contributed by atoms with Gasteiger partial charge in [-0.15, -0.1) is 0 Å². The number of carbonyl (C=O) groups excluding carboxylic acids is 2. The van der Waals surface area contributed by atoms with E-state index in [9.17, 15) is 23.9 Å². The molecule has 6 rings (SSSR count). The first-order valence-electron chi connectivity index (χ1n) is 13.0. The van der Waals surface area contributed by atoms with Crippen molar-refractivity contribution in [3.05, 3.63) is 61.1 Å². The van der Waals surface area contributed by atoms with E-state index < -0.39 is 29.0 Å². The Morgan fingerprint density at radius 1 is 1.33 bits per heavy atom. The standard InChI is InChI=1S/C28H27ClFN3O6/c1-4-28(37)16-7-20-25-14(9-33(20)26(35)15(16)10-39-27(28)36)23-18(31-21(34)11-38-12(2)3)6-5-13-22(23)19(32-25)8-17(30)24(13)29/h7-8,12,18,37H,4-6,9-11H2,1-3H3,(H,31,34)/t18-,28-/m0/s1. The highest BCUT2D eigenvalue weighted by Crippen LogP contribution is 2.46. The van der Waals surface area contributed by atoms with E-state index in [-0.39, 0.29) is 54.3 Å². The number of fused-ring (bicyclic) bond motifs is 5. The third-order valence-electron chi connectivity index (χ3n) is 7.92. The summed E-state index contributed by atoms with van der Waals surface area (Å²) in [5.41, 5.74) is 1.27. The summed E-state index contributed by atoms with van der Waals surface area (Å²) in [5, 5.41) is 14.9. The number of carbonyl (C=O) groups is 2. The van der Waals surface area contributed by atoms with Crippen molar-refractivity contribution in [2.24, 2.45) is 0 Å². The van der Waals surface area contributed by atoms with Crippen LogP contribution in [-0.2, 0) is 44.2 Å². The Morgan fingerprint density at radius 3 is 2.82 bits per heavy atom. The number of rotatable bonds is 5. The Balaban J connectivity index is 1.57. The summed E-state index contributed by atoms with van der Waals surface area (Å²) in [6.07, 6.45) is 0.798. The van der Waals surface area contributed by atoms with E-state index in [1.54, 1.807) is 13.0 Å². The van der Waals surface area contributed by atoms with Gasteiger partial charge in [-0.05, 0) is 50.3 Å². The van der Waals surface area contributed by atoms with Gasteiger partial charge in [-0.1, -0.05) is 18.5 Å². The lowest BCUT2D eigenvalue weighted by Gasteiger charge is -2.31. The molecular weight excluding hydrogens is 529 g/mol. The predicted octanol–water partition coefficient (Wildman–Crippen LogP) is 3.40. The molecule has 0 bridgehead atoms. The number of hydrogen-bond acceptors (Lipinski definition) is 7. The van der Waals surface area contributed by atoms with E-state index in [0.29, 0.717) is 46.3 Å². The molecule has 4 heterocycles. The fourth-order valence-electron chi connectivity index (χ4n) is 5.98. The molecule has 9 nitrogen and oxygen atoms in total. The molecule has 2 atom stereocenters. The molecule has 0 fully saturated rings. The Kier molecular flexibility index (Phi) is 6.05. The predicted molar refractivity (Wildman–Crippen MR) is 140 cm³/mol. The zero-order chi connectivity index (χ0) is 27.8. The lowest BCUT2D eigenvalue weighted by molar-refractivity contribution is -0.172.